The monoisotopic (exact) mass is 233 g/mol. The van der Waals surface area contributed by atoms with Crippen LogP contribution in [0.4, 0.5) is 5.69 Å². The van der Waals surface area contributed by atoms with Crippen molar-refractivity contribution in [2.45, 2.75) is 19.9 Å². The lowest BCUT2D eigenvalue weighted by atomic mass is 10.1. The van der Waals surface area contributed by atoms with Crippen molar-refractivity contribution >= 4 is 11.6 Å². The van der Waals surface area contributed by atoms with E-state index in [-0.39, 0.29) is 11.8 Å². The van der Waals surface area contributed by atoms with Gasteiger partial charge in [-0.3, -0.25) is 4.79 Å². The van der Waals surface area contributed by atoms with Crippen LogP contribution in [0, 0.1) is 12.8 Å². The van der Waals surface area contributed by atoms with Crippen LogP contribution in [-0.4, -0.2) is 19.0 Å². The summed E-state index contributed by atoms with van der Waals surface area (Å²) in [5, 5.41) is 0. The quantitative estimate of drug-likeness (QED) is 0.809. The Morgan fingerprint density at radius 2 is 2.29 bits per heavy atom. The first kappa shape index (κ1) is 11.9. The van der Waals surface area contributed by atoms with Crippen molar-refractivity contribution in [3.63, 3.8) is 0 Å². The molecule has 4 nitrogen and oxygen atoms in total. The number of hydrogen-bond donors (Lipinski definition) is 2. The molecule has 1 aromatic carbocycles. The number of anilines is 1. The zero-order valence-electron chi connectivity index (χ0n) is 10.1. The molecule has 1 saturated heterocycles. The highest BCUT2D eigenvalue weighted by atomic mass is 16.1. The van der Waals surface area contributed by atoms with Crippen LogP contribution in [0.1, 0.15) is 17.5 Å². The summed E-state index contributed by atoms with van der Waals surface area (Å²) in [5.74, 6) is -0.226. The molecule has 4 N–H and O–H groups in total. The molecule has 92 valence electrons. The molecule has 1 heterocycles. The van der Waals surface area contributed by atoms with Gasteiger partial charge in [0, 0.05) is 25.3 Å². The molecule has 0 saturated carbocycles. The summed E-state index contributed by atoms with van der Waals surface area (Å²) < 4.78 is 0. The summed E-state index contributed by atoms with van der Waals surface area (Å²) in [4.78, 5) is 13.4. The maximum atomic E-state index is 11.2. The fraction of sp³-hybridized carbons (Fsp3) is 0.462. The second-order valence-corrected chi connectivity index (χ2v) is 4.67. The zero-order chi connectivity index (χ0) is 12.4. The Hall–Kier alpha value is -1.55. The van der Waals surface area contributed by atoms with E-state index in [0.29, 0.717) is 13.1 Å². The average Bonchev–Trinajstić information content (AvgIpc) is 2.78. The van der Waals surface area contributed by atoms with Gasteiger partial charge < -0.3 is 16.4 Å². The fourth-order valence-electron chi connectivity index (χ4n) is 2.35. The van der Waals surface area contributed by atoms with Crippen LogP contribution in [0.2, 0.25) is 0 Å². The van der Waals surface area contributed by atoms with E-state index in [1.165, 1.54) is 5.56 Å². The highest BCUT2D eigenvalue weighted by Crippen LogP contribution is 2.27. The first-order valence-corrected chi connectivity index (χ1v) is 5.95. The molecule has 1 fully saturated rings. The van der Waals surface area contributed by atoms with Crippen LogP contribution in [0.5, 0.6) is 0 Å². The van der Waals surface area contributed by atoms with Gasteiger partial charge >= 0.3 is 0 Å². The predicted molar refractivity (Wildman–Crippen MR) is 68.6 cm³/mol. The van der Waals surface area contributed by atoms with E-state index in [9.17, 15) is 4.79 Å². The van der Waals surface area contributed by atoms with Crippen LogP contribution >= 0.6 is 0 Å². The van der Waals surface area contributed by atoms with Crippen LogP contribution in [0.15, 0.2) is 18.2 Å². The molecule has 0 aromatic heterocycles. The third-order valence-electron chi connectivity index (χ3n) is 3.39. The largest absolute Gasteiger partial charge is 0.370 e. The Balaban J connectivity index is 2.23. The van der Waals surface area contributed by atoms with Gasteiger partial charge in [0.2, 0.25) is 5.91 Å². The molecule has 1 aromatic rings. The second-order valence-electron chi connectivity index (χ2n) is 4.67. The van der Waals surface area contributed by atoms with E-state index in [1.807, 2.05) is 0 Å². The summed E-state index contributed by atoms with van der Waals surface area (Å²) in [6, 6.07) is 6.25. The lowest BCUT2D eigenvalue weighted by molar-refractivity contribution is -0.121. The standard InChI is InChI=1S/C13H19N3O/c1-9-2-3-10(7-14)12(6-9)16-5-4-11(8-16)13(15)17/h2-3,6,11H,4-5,7-8,14H2,1H3,(H2,15,17). The van der Waals surface area contributed by atoms with Crippen molar-refractivity contribution in [1.29, 1.82) is 0 Å². The summed E-state index contributed by atoms with van der Waals surface area (Å²) >= 11 is 0. The Morgan fingerprint density at radius 1 is 1.53 bits per heavy atom. The summed E-state index contributed by atoms with van der Waals surface area (Å²) in [5.41, 5.74) is 14.6. The van der Waals surface area contributed by atoms with Gasteiger partial charge in [0.05, 0.1) is 5.92 Å². The van der Waals surface area contributed by atoms with Gasteiger partial charge in [0.1, 0.15) is 0 Å². The van der Waals surface area contributed by atoms with Crippen LogP contribution in [0.25, 0.3) is 0 Å². The number of carbonyl (C=O) groups is 1. The molecule has 1 atom stereocenters. The van der Waals surface area contributed by atoms with Crippen molar-refractivity contribution in [3.8, 4) is 0 Å². The van der Waals surface area contributed by atoms with E-state index in [4.69, 9.17) is 11.5 Å². The normalized spacial score (nSPS) is 19.6. The molecule has 1 aliphatic heterocycles. The molecule has 2 rings (SSSR count). The van der Waals surface area contributed by atoms with Gasteiger partial charge in [-0.25, -0.2) is 0 Å². The third-order valence-corrected chi connectivity index (χ3v) is 3.39. The Kier molecular flexibility index (Phi) is 3.33. The average molecular weight is 233 g/mol. The maximum absolute atomic E-state index is 11.2. The van der Waals surface area contributed by atoms with Gasteiger partial charge in [0.15, 0.2) is 0 Å². The van der Waals surface area contributed by atoms with Crippen molar-refractivity contribution in [2.75, 3.05) is 18.0 Å². The number of benzene rings is 1. The predicted octanol–water partition coefficient (Wildman–Crippen LogP) is 0.765. The number of aryl methyl sites for hydroxylation is 1. The summed E-state index contributed by atoms with van der Waals surface area (Å²) in [7, 11) is 0. The first-order chi connectivity index (χ1) is 8.11. The number of amides is 1. The fourth-order valence-corrected chi connectivity index (χ4v) is 2.35. The van der Waals surface area contributed by atoms with E-state index >= 15 is 0 Å². The third kappa shape index (κ3) is 2.42. The molecule has 0 spiro atoms. The van der Waals surface area contributed by atoms with Gasteiger partial charge in [0.25, 0.3) is 0 Å². The number of rotatable bonds is 3. The first-order valence-electron chi connectivity index (χ1n) is 5.95. The van der Waals surface area contributed by atoms with E-state index in [1.54, 1.807) is 0 Å². The molecule has 0 radical (unpaired) electrons. The van der Waals surface area contributed by atoms with E-state index in [0.717, 1.165) is 24.2 Å². The zero-order valence-corrected chi connectivity index (χ0v) is 10.1. The highest BCUT2D eigenvalue weighted by Gasteiger charge is 2.27. The maximum Gasteiger partial charge on any atom is 0.222 e. The van der Waals surface area contributed by atoms with Crippen molar-refractivity contribution in [1.82, 2.24) is 0 Å². The molecule has 4 heteroatoms. The van der Waals surface area contributed by atoms with Crippen LogP contribution in [0.3, 0.4) is 0 Å². The van der Waals surface area contributed by atoms with E-state index in [2.05, 4.69) is 30.0 Å². The van der Waals surface area contributed by atoms with Gasteiger partial charge in [-0.15, -0.1) is 0 Å². The number of nitrogens with two attached hydrogens (primary N) is 2. The van der Waals surface area contributed by atoms with Crippen molar-refractivity contribution in [3.05, 3.63) is 29.3 Å². The molecule has 0 aliphatic carbocycles. The van der Waals surface area contributed by atoms with Crippen molar-refractivity contribution < 1.29 is 4.79 Å². The Bertz CT molecular complexity index is 431. The molecular formula is C13H19N3O. The number of nitrogens with zero attached hydrogens (tertiary/aromatic N) is 1. The lowest BCUT2D eigenvalue weighted by Gasteiger charge is -2.22. The minimum absolute atomic E-state index is 0.0267. The summed E-state index contributed by atoms with van der Waals surface area (Å²) in [6.45, 7) is 4.18. The van der Waals surface area contributed by atoms with Crippen molar-refractivity contribution in [2.24, 2.45) is 17.4 Å². The molecule has 1 amide bonds. The molecule has 1 unspecified atom stereocenters. The van der Waals surface area contributed by atoms with Crippen LogP contribution in [-0.2, 0) is 11.3 Å². The molecule has 1 aliphatic rings. The Labute approximate surface area is 102 Å². The van der Waals surface area contributed by atoms with Gasteiger partial charge in [-0.05, 0) is 30.5 Å². The SMILES string of the molecule is Cc1ccc(CN)c(N2CCC(C(N)=O)C2)c1. The van der Waals surface area contributed by atoms with Crippen LogP contribution < -0.4 is 16.4 Å². The number of primary amides is 1. The topological polar surface area (TPSA) is 72.3 Å². The minimum Gasteiger partial charge on any atom is -0.370 e. The molecule has 0 bridgehead atoms. The highest BCUT2D eigenvalue weighted by molar-refractivity contribution is 5.78. The lowest BCUT2D eigenvalue weighted by Crippen LogP contribution is -2.28. The number of hydrogen-bond acceptors (Lipinski definition) is 3. The molecular weight excluding hydrogens is 214 g/mol. The smallest absolute Gasteiger partial charge is 0.222 e. The molecule has 17 heavy (non-hydrogen) atoms. The number of carbonyl (C=O) groups excluding carboxylic acids is 1. The summed E-state index contributed by atoms with van der Waals surface area (Å²) in [6.07, 6.45) is 0.841. The Morgan fingerprint density at radius 3 is 2.88 bits per heavy atom. The second kappa shape index (κ2) is 4.75. The van der Waals surface area contributed by atoms with Gasteiger partial charge in [-0.2, -0.15) is 0 Å². The van der Waals surface area contributed by atoms with Gasteiger partial charge in [-0.1, -0.05) is 12.1 Å². The van der Waals surface area contributed by atoms with E-state index < -0.39 is 0 Å². The minimum atomic E-state index is -0.200.